The Kier molecular flexibility index (Phi) is 4.56. The van der Waals surface area contributed by atoms with E-state index in [4.69, 9.17) is 16.7 Å². The van der Waals surface area contributed by atoms with Gasteiger partial charge in [0.25, 0.3) is 0 Å². The number of benzene rings is 1. The van der Waals surface area contributed by atoms with Crippen LogP contribution in [0.25, 0.3) is 0 Å². The van der Waals surface area contributed by atoms with Gasteiger partial charge in [0, 0.05) is 16.9 Å². The van der Waals surface area contributed by atoms with Crippen LogP contribution in [0.5, 0.6) is 0 Å². The number of halogens is 1. The summed E-state index contributed by atoms with van der Waals surface area (Å²) in [6.45, 7) is 0. The molecule has 0 fully saturated rings. The summed E-state index contributed by atoms with van der Waals surface area (Å²) in [6, 6.07) is 7.51. The first kappa shape index (κ1) is 11.1. The number of carboxylic acid groups (broad SMARTS) is 1. The molecule has 0 spiro atoms. The van der Waals surface area contributed by atoms with Gasteiger partial charge in [-0.1, -0.05) is 29.8 Å². The second-order valence-electron chi connectivity index (χ2n) is 2.54. The maximum atomic E-state index is 10.2. The predicted molar refractivity (Wildman–Crippen MR) is 59.5 cm³/mol. The predicted octanol–water partition coefficient (Wildman–Crippen LogP) is 3.17. The Morgan fingerprint density at radius 3 is 2.86 bits per heavy atom. The van der Waals surface area contributed by atoms with Crippen LogP contribution in [0, 0.1) is 0 Å². The minimum absolute atomic E-state index is 0.684. The number of carboxylic acids is 1. The Bertz CT molecular complexity index is 350. The van der Waals surface area contributed by atoms with Gasteiger partial charge in [0.05, 0.1) is 0 Å². The number of aliphatic carboxylic acids is 1. The Morgan fingerprint density at radius 1 is 1.50 bits per heavy atom. The molecular weight excluding hydrogens is 220 g/mol. The van der Waals surface area contributed by atoms with Gasteiger partial charge < -0.3 is 5.11 Å². The molecule has 1 aromatic rings. The lowest BCUT2D eigenvalue weighted by molar-refractivity contribution is -0.131. The van der Waals surface area contributed by atoms with Gasteiger partial charge in [-0.15, -0.1) is 11.8 Å². The third-order valence-corrected chi connectivity index (χ3v) is 2.68. The van der Waals surface area contributed by atoms with Crippen LogP contribution in [0.3, 0.4) is 0 Å². The minimum Gasteiger partial charge on any atom is -0.478 e. The Morgan fingerprint density at radius 2 is 2.21 bits per heavy atom. The molecule has 74 valence electrons. The van der Waals surface area contributed by atoms with Crippen LogP contribution in [-0.4, -0.2) is 11.1 Å². The zero-order valence-corrected chi connectivity index (χ0v) is 8.89. The second kappa shape index (κ2) is 5.73. The molecule has 0 saturated carbocycles. The molecule has 0 saturated heterocycles. The normalized spacial score (nSPS) is 10.6. The van der Waals surface area contributed by atoms with Crippen LogP contribution >= 0.6 is 23.4 Å². The molecule has 0 atom stereocenters. The number of carbonyl (C=O) groups is 1. The molecule has 0 heterocycles. The van der Waals surface area contributed by atoms with Crippen LogP contribution < -0.4 is 0 Å². The van der Waals surface area contributed by atoms with E-state index in [2.05, 4.69) is 0 Å². The molecule has 4 heteroatoms. The molecule has 0 radical (unpaired) electrons. The van der Waals surface area contributed by atoms with Crippen LogP contribution in [0.4, 0.5) is 0 Å². The van der Waals surface area contributed by atoms with Crippen molar-refractivity contribution in [1.82, 2.24) is 0 Å². The molecule has 1 N–H and O–H groups in total. The molecule has 0 aliphatic rings. The smallest absolute Gasteiger partial charge is 0.328 e. The first-order chi connectivity index (χ1) is 6.70. The highest BCUT2D eigenvalue weighted by atomic mass is 35.5. The molecule has 2 nitrogen and oxygen atoms in total. The van der Waals surface area contributed by atoms with E-state index in [1.54, 1.807) is 5.41 Å². The van der Waals surface area contributed by atoms with Crippen LogP contribution in [0.1, 0.15) is 5.56 Å². The Balaban J connectivity index is 2.46. The lowest BCUT2D eigenvalue weighted by Gasteiger charge is -1.99. The van der Waals surface area contributed by atoms with E-state index in [9.17, 15) is 4.79 Å². The molecule has 1 rings (SSSR count). The van der Waals surface area contributed by atoms with Gasteiger partial charge in [-0.25, -0.2) is 4.79 Å². The van der Waals surface area contributed by atoms with Crippen molar-refractivity contribution < 1.29 is 9.90 Å². The summed E-state index contributed by atoms with van der Waals surface area (Å²) in [5.74, 6) is -0.250. The largest absolute Gasteiger partial charge is 0.478 e. The van der Waals surface area contributed by atoms with Crippen LogP contribution in [-0.2, 0) is 10.5 Å². The molecule has 0 amide bonds. The van der Waals surface area contributed by atoms with Gasteiger partial charge in [0.1, 0.15) is 0 Å². The van der Waals surface area contributed by atoms with Crippen molar-refractivity contribution in [3.8, 4) is 0 Å². The van der Waals surface area contributed by atoms with E-state index < -0.39 is 5.97 Å². The molecular formula is C10H9ClO2S. The SMILES string of the molecule is O=C(O)/C=C/SCc1ccccc1Cl. The Hall–Kier alpha value is -0.930. The quantitative estimate of drug-likeness (QED) is 0.805. The fourth-order valence-corrected chi connectivity index (χ4v) is 1.88. The zero-order valence-electron chi connectivity index (χ0n) is 7.31. The van der Waals surface area contributed by atoms with Crippen molar-refractivity contribution in [1.29, 1.82) is 0 Å². The van der Waals surface area contributed by atoms with E-state index in [-0.39, 0.29) is 0 Å². The highest BCUT2D eigenvalue weighted by Crippen LogP contribution is 2.20. The monoisotopic (exact) mass is 228 g/mol. The number of hydrogen-bond donors (Lipinski definition) is 1. The lowest BCUT2D eigenvalue weighted by atomic mass is 10.2. The van der Waals surface area contributed by atoms with Crippen molar-refractivity contribution in [2.75, 3.05) is 0 Å². The third-order valence-electron chi connectivity index (χ3n) is 1.50. The number of thioether (sulfide) groups is 1. The topological polar surface area (TPSA) is 37.3 Å². The molecule has 0 bridgehead atoms. The molecule has 0 unspecified atom stereocenters. The average molecular weight is 229 g/mol. The van der Waals surface area contributed by atoms with Crippen LogP contribution in [0.2, 0.25) is 5.02 Å². The lowest BCUT2D eigenvalue weighted by Crippen LogP contribution is -1.85. The fourth-order valence-electron chi connectivity index (χ4n) is 0.860. The Labute approximate surface area is 91.6 Å². The first-order valence-corrected chi connectivity index (χ1v) is 5.37. The van der Waals surface area contributed by atoms with E-state index >= 15 is 0 Å². The maximum absolute atomic E-state index is 10.2. The summed E-state index contributed by atoms with van der Waals surface area (Å²) >= 11 is 7.31. The minimum atomic E-state index is -0.934. The molecule has 0 aliphatic carbocycles. The van der Waals surface area contributed by atoms with Gasteiger partial charge in [-0.05, 0) is 17.0 Å². The van der Waals surface area contributed by atoms with Crippen molar-refractivity contribution in [2.45, 2.75) is 5.75 Å². The number of rotatable bonds is 4. The van der Waals surface area contributed by atoms with E-state index in [1.807, 2.05) is 24.3 Å². The van der Waals surface area contributed by atoms with Gasteiger partial charge in [0.2, 0.25) is 0 Å². The van der Waals surface area contributed by atoms with Crippen molar-refractivity contribution in [3.63, 3.8) is 0 Å². The number of hydrogen-bond acceptors (Lipinski definition) is 2. The standard InChI is InChI=1S/C10H9ClO2S/c11-9-4-2-1-3-8(9)7-14-6-5-10(12)13/h1-6H,7H2,(H,12,13)/b6-5+. The van der Waals surface area contributed by atoms with E-state index in [0.717, 1.165) is 11.6 Å². The van der Waals surface area contributed by atoms with E-state index in [0.29, 0.717) is 10.8 Å². The molecule has 0 aliphatic heterocycles. The van der Waals surface area contributed by atoms with Crippen molar-refractivity contribution in [3.05, 3.63) is 46.3 Å². The fraction of sp³-hybridized carbons (Fsp3) is 0.100. The molecule has 14 heavy (non-hydrogen) atoms. The van der Waals surface area contributed by atoms with Crippen molar-refractivity contribution in [2.24, 2.45) is 0 Å². The van der Waals surface area contributed by atoms with Gasteiger partial charge in [-0.2, -0.15) is 0 Å². The maximum Gasteiger partial charge on any atom is 0.328 e. The summed E-state index contributed by atoms with van der Waals surface area (Å²) in [6.07, 6.45) is 1.11. The van der Waals surface area contributed by atoms with Gasteiger partial charge >= 0.3 is 5.97 Å². The highest BCUT2D eigenvalue weighted by Gasteiger charge is 1.96. The van der Waals surface area contributed by atoms with Crippen molar-refractivity contribution >= 4 is 29.3 Å². The van der Waals surface area contributed by atoms with Gasteiger partial charge in [0.15, 0.2) is 0 Å². The first-order valence-electron chi connectivity index (χ1n) is 3.94. The summed E-state index contributed by atoms with van der Waals surface area (Å²) in [4.78, 5) is 10.2. The van der Waals surface area contributed by atoms with Crippen LogP contribution in [0.15, 0.2) is 35.7 Å². The zero-order chi connectivity index (χ0) is 10.4. The molecule has 0 aromatic heterocycles. The summed E-state index contributed by atoms with van der Waals surface area (Å²) in [5.41, 5.74) is 1.01. The van der Waals surface area contributed by atoms with E-state index in [1.165, 1.54) is 11.8 Å². The highest BCUT2D eigenvalue weighted by molar-refractivity contribution is 8.01. The molecule has 1 aromatic carbocycles. The van der Waals surface area contributed by atoms with Gasteiger partial charge in [-0.3, -0.25) is 0 Å². The average Bonchev–Trinajstić information content (AvgIpc) is 2.15. The summed E-state index contributed by atoms with van der Waals surface area (Å²) in [7, 11) is 0. The third kappa shape index (κ3) is 3.85. The summed E-state index contributed by atoms with van der Waals surface area (Å²) < 4.78 is 0. The second-order valence-corrected chi connectivity index (χ2v) is 3.84. The summed E-state index contributed by atoms with van der Waals surface area (Å²) in [5, 5.41) is 10.6.